The molecule has 0 fully saturated rings. The van der Waals surface area contributed by atoms with E-state index in [0.717, 1.165) is 0 Å². The van der Waals surface area contributed by atoms with Crippen LogP contribution in [-0.4, -0.2) is 56.9 Å². The van der Waals surface area contributed by atoms with Gasteiger partial charge >= 0.3 is 10.4 Å². The molecule has 0 saturated heterocycles. The number of carbonyl (C=O) groups excluding carboxylic acids is 1. The molecule has 0 aliphatic heterocycles. The van der Waals surface area contributed by atoms with Crippen LogP contribution < -0.4 is 20.0 Å². The minimum Gasteiger partial charge on any atom is -0.457 e. The lowest BCUT2D eigenvalue weighted by molar-refractivity contribution is -0.116. The fourth-order valence-electron chi connectivity index (χ4n) is 3.88. The predicted molar refractivity (Wildman–Crippen MR) is 142 cm³/mol. The molecule has 2 aromatic carbocycles. The Kier molecular flexibility index (Phi) is 8.39. The lowest BCUT2D eigenvalue weighted by atomic mass is 10.1. The van der Waals surface area contributed by atoms with Crippen LogP contribution in [0, 0.1) is 0 Å². The first kappa shape index (κ1) is 27.5. The molecule has 39 heavy (non-hydrogen) atoms. The first-order valence-electron chi connectivity index (χ1n) is 11.7. The van der Waals surface area contributed by atoms with Gasteiger partial charge in [-0.05, 0) is 67.4 Å². The Labute approximate surface area is 223 Å². The summed E-state index contributed by atoms with van der Waals surface area (Å²) in [5.41, 5.74) is 7.95. The van der Waals surface area contributed by atoms with Gasteiger partial charge in [0, 0.05) is 18.7 Å². The third kappa shape index (κ3) is 6.87. The van der Waals surface area contributed by atoms with Crippen molar-refractivity contribution in [1.29, 1.82) is 0 Å². The van der Waals surface area contributed by atoms with Crippen LogP contribution in [0.2, 0.25) is 0 Å². The second-order valence-electron chi connectivity index (χ2n) is 8.33. The molecule has 2 aromatic heterocycles. The number of anilines is 1. The summed E-state index contributed by atoms with van der Waals surface area (Å²) in [5.74, 6) is 0.744. The fourth-order valence-corrected chi connectivity index (χ4v) is 4.24. The van der Waals surface area contributed by atoms with E-state index in [-0.39, 0.29) is 36.7 Å². The third-order valence-corrected chi connectivity index (χ3v) is 6.05. The van der Waals surface area contributed by atoms with Crippen LogP contribution in [0.1, 0.15) is 18.9 Å². The zero-order valence-electron chi connectivity index (χ0n) is 20.6. The van der Waals surface area contributed by atoms with Crippen molar-refractivity contribution in [2.75, 3.05) is 18.9 Å². The molecule has 4 aromatic rings. The summed E-state index contributed by atoms with van der Waals surface area (Å²) < 4.78 is 42.3. The SMILES string of the molecule is C=CC(=O)NC[C@@H](CCCO)n1nc(-c2ccc(Oc3ccc(OS(=O)(=O)O)cc3)cc2)c2c(N)ncnc21. The highest BCUT2D eigenvalue weighted by Crippen LogP contribution is 2.34. The number of nitrogens with zero attached hydrogens (tertiary/aromatic N) is 4. The van der Waals surface area contributed by atoms with Crippen molar-refractivity contribution in [3.8, 4) is 28.5 Å². The van der Waals surface area contributed by atoms with Gasteiger partial charge in [-0.25, -0.2) is 14.6 Å². The fraction of sp³-hybridized carbons (Fsp3) is 0.200. The molecule has 0 radical (unpaired) electrons. The number of nitrogens with two attached hydrogens (primary N) is 1. The van der Waals surface area contributed by atoms with Crippen molar-refractivity contribution in [2.24, 2.45) is 0 Å². The van der Waals surface area contributed by atoms with Gasteiger partial charge < -0.3 is 25.1 Å². The van der Waals surface area contributed by atoms with E-state index in [1.165, 1.54) is 36.7 Å². The molecule has 1 amide bonds. The van der Waals surface area contributed by atoms with E-state index in [0.29, 0.717) is 46.6 Å². The average molecular weight is 555 g/mol. The van der Waals surface area contributed by atoms with Crippen molar-refractivity contribution in [2.45, 2.75) is 18.9 Å². The molecular formula is C25H26N6O7S. The van der Waals surface area contributed by atoms with Crippen LogP contribution >= 0.6 is 0 Å². The van der Waals surface area contributed by atoms with Gasteiger partial charge in [-0.2, -0.15) is 13.5 Å². The summed E-state index contributed by atoms with van der Waals surface area (Å²) in [4.78, 5) is 20.3. The van der Waals surface area contributed by atoms with Crippen molar-refractivity contribution < 1.29 is 31.8 Å². The number of aliphatic hydroxyl groups excluding tert-OH is 1. The second-order valence-corrected chi connectivity index (χ2v) is 9.35. The molecule has 204 valence electrons. The van der Waals surface area contributed by atoms with Crippen LogP contribution in [0.25, 0.3) is 22.3 Å². The predicted octanol–water partition coefficient (Wildman–Crippen LogP) is 2.67. The molecule has 0 bridgehead atoms. The van der Waals surface area contributed by atoms with Gasteiger partial charge in [0.1, 0.15) is 35.1 Å². The number of aromatic nitrogens is 4. The largest absolute Gasteiger partial charge is 0.457 e. The first-order valence-corrected chi connectivity index (χ1v) is 13.1. The molecule has 1 atom stereocenters. The van der Waals surface area contributed by atoms with E-state index in [9.17, 15) is 18.3 Å². The Morgan fingerprint density at radius 2 is 1.74 bits per heavy atom. The summed E-state index contributed by atoms with van der Waals surface area (Å²) in [5, 5.41) is 17.5. The Bertz CT molecular complexity index is 1570. The molecule has 5 N–H and O–H groups in total. The van der Waals surface area contributed by atoms with Gasteiger partial charge in [0.15, 0.2) is 5.65 Å². The van der Waals surface area contributed by atoms with Crippen LogP contribution in [-0.2, 0) is 15.2 Å². The molecule has 0 aliphatic carbocycles. The van der Waals surface area contributed by atoms with Gasteiger partial charge in [0.2, 0.25) is 5.91 Å². The summed E-state index contributed by atoms with van der Waals surface area (Å²) in [7, 11) is -4.62. The highest BCUT2D eigenvalue weighted by atomic mass is 32.3. The molecule has 4 rings (SSSR count). The number of nitrogen functional groups attached to an aromatic ring is 1. The Morgan fingerprint density at radius 3 is 2.36 bits per heavy atom. The molecule has 0 aliphatic rings. The highest BCUT2D eigenvalue weighted by Gasteiger charge is 2.22. The number of carbonyl (C=O) groups is 1. The van der Waals surface area contributed by atoms with Crippen molar-refractivity contribution in [1.82, 2.24) is 25.1 Å². The van der Waals surface area contributed by atoms with Crippen LogP contribution in [0.3, 0.4) is 0 Å². The van der Waals surface area contributed by atoms with Gasteiger partial charge in [-0.1, -0.05) is 6.58 Å². The van der Waals surface area contributed by atoms with E-state index < -0.39 is 10.4 Å². The lowest BCUT2D eigenvalue weighted by Gasteiger charge is -2.18. The number of rotatable bonds is 12. The third-order valence-electron chi connectivity index (χ3n) is 5.65. The molecular weight excluding hydrogens is 528 g/mol. The number of hydrogen-bond donors (Lipinski definition) is 4. The van der Waals surface area contributed by atoms with E-state index in [4.69, 9.17) is 20.1 Å². The Morgan fingerprint density at radius 1 is 1.10 bits per heavy atom. The maximum atomic E-state index is 11.8. The molecule has 0 unspecified atom stereocenters. The van der Waals surface area contributed by atoms with Crippen molar-refractivity contribution >= 4 is 33.2 Å². The molecule has 13 nitrogen and oxygen atoms in total. The number of fused-ring (bicyclic) bond motifs is 1. The molecule has 14 heteroatoms. The quantitative estimate of drug-likeness (QED) is 0.149. The lowest BCUT2D eigenvalue weighted by Crippen LogP contribution is -2.30. The summed E-state index contributed by atoms with van der Waals surface area (Å²) in [6, 6.07) is 12.3. The summed E-state index contributed by atoms with van der Waals surface area (Å²) >= 11 is 0. The highest BCUT2D eigenvalue weighted by molar-refractivity contribution is 7.81. The number of benzene rings is 2. The normalized spacial score (nSPS) is 12.2. The minimum atomic E-state index is -4.62. The zero-order valence-corrected chi connectivity index (χ0v) is 21.4. The number of amides is 1. The van der Waals surface area contributed by atoms with Gasteiger partial charge in [-0.3, -0.25) is 9.35 Å². The maximum absolute atomic E-state index is 11.8. The summed E-state index contributed by atoms with van der Waals surface area (Å²) in [6.45, 7) is 3.69. The van der Waals surface area contributed by atoms with Gasteiger partial charge in [0.05, 0.1) is 11.4 Å². The van der Waals surface area contributed by atoms with Crippen molar-refractivity contribution in [3.63, 3.8) is 0 Å². The first-order chi connectivity index (χ1) is 18.7. The number of hydrogen-bond acceptors (Lipinski definition) is 10. The van der Waals surface area contributed by atoms with Crippen LogP contribution in [0.15, 0.2) is 67.5 Å². The Balaban J connectivity index is 1.62. The van der Waals surface area contributed by atoms with Gasteiger partial charge in [-0.15, -0.1) is 0 Å². The van der Waals surface area contributed by atoms with E-state index in [1.807, 2.05) is 0 Å². The minimum absolute atomic E-state index is 0.0210. The van der Waals surface area contributed by atoms with E-state index in [2.05, 4.69) is 26.0 Å². The monoisotopic (exact) mass is 554 g/mol. The molecule has 2 heterocycles. The summed E-state index contributed by atoms with van der Waals surface area (Å²) in [6.07, 6.45) is 3.53. The van der Waals surface area contributed by atoms with Crippen LogP contribution in [0.5, 0.6) is 17.2 Å². The van der Waals surface area contributed by atoms with Gasteiger partial charge in [0.25, 0.3) is 0 Å². The standard InChI is InChI=1S/C25H26N6O7S/c1-2-21(33)27-14-17(4-3-13-32)31-25-22(24(26)28-15-29-25)23(30-31)16-5-7-18(8-6-16)37-19-9-11-20(12-10-19)38-39(34,35)36/h2,5-12,15,17,32H,1,3-4,13-14H2,(H,27,33)(H2,26,28,29)(H,34,35,36)/t17-/m1/s1. The maximum Gasteiger partial charge on any atom is 0.446 e. The molecule has 0 spiro atoms. The smallest absolute Gasteiger partial charge is 0.446 e. The second kappa shape index (κ2) is 11.9. The average Bonchev–Trinajstić information content (AvgIpc) is 3.30. The number of ether oxygens (including phenoxy) is 1. The molecule has 0 saturated carbocycles. The Hall–Kier alpha value is -4.53. The van der Waals surface area contributed by atoms with Crippen molar-refractivity contribution in [3.05, 3.63) is 67.5 Å². The number of aliphatic hydroxyl groups is 1. The zero-order chi connectivity index (χ0) is 28.0. The van der Waals surface area contributed by atoms with Crippen LogP contribution in [0.4, 0.5) is 5.82 Å². The topological polar surface area (TPSA) is 192 Å². The van der Waals surface area contributed by atoms with E-state index in [1.54, 1.807) is 28.9 Å². The van der Waals surface area contributed by atoms with E-state index >= 15 is 0 Å². The number of nitrogens with one attached hydrogen (secondary N) is 1.